The van der Waals surface area contributed by atoms with Crippen LogP contribution in [-0.4, -0.2) is 17.8 Å². The molecule has 2 aromatic carbocycles. The van der Waals surface area contributed by atoms with E-state index < -0.39 is 0 Å². The Morgan fingerprint density at radius 2 is 2.08 bits per heavy atom. The smallest absolute Gasteiger partial charge is 0.319 e. The number of rotatable bonds is 4. The second kappa shape index (κ2) is 6.82. The molecule has 7 heteroatoms. The number of fused-ring (bicyclic) bond motifs is 1. The number of hydrogen-bond acceptors (Lipinski definition) is 5. The van der Waals surface area contributed by atoms with Crippen LogP contribution >= 0.6 is 11.3 Å². The standard InChI is InChI=1S/C18H15N3O3S/c22-18(21-14-4-5-15-16(9-14)24-11-23-15)20-10-12-2-1-3-13(8-12)17-19-6-7-25-17/h1-9H,10-11H2,(H2,20,21,22). The predicted molar refractivity (Wildman–Crippen MR) is 96.0 cm³/mol. The quantitative estimate of drug-likeness (QED) is 0.747. The number of hydrogen-bond donors (Lipinski definition) is 2. The van der Waals surface area contributed by atoms with Gasteiger partial charge in [-0.1, -0.05) is 18.2 Å². The van der Waals surface area contributed by atoms with Gasteiger partial charge in [0.15, 0.2) is 11.5 Å². The van der Waals surface area contributed by atoms with Crippen molar-refractivity contribution < 1.29 is 14.3 Å². The highest BCUT2D eigenvalue weighted by Crippen LogP contribution is 2.34. The van der Waals surface area contributed by atoms with Gasteiger partial charge in [0.25, 0.3) is 0 Å². The van der Waals surface area contributed by atoms with Gasteiger partial charge >= 0.3 is 6.03 Å². The first-order chi connectivity index (χ1) is 12.3. The molecule has 3 aromatic rings. The number of carbonyl (C=O) groups is 1. The number of benzene rings is 2. The number of carbonyl (C=O) groups excluding carboxylic acids is 1. The summed E-state index contributed by atoms with van der Waals surface area (Å²) >= 11 is 1.59. The molecule has 0 atom stereocenters. The third-order valence-electron chi connectivity index (χ3n) is 3.69. The molecule has 0 saturated carbocycles. The molecule has 2 heterocycles. The first kappa shape index (κ1) is 15.5. The molecule has 4 rings (SSSR count). The van der Waals surface area contributed by atoms with Gasteiger partial charge in [0.2, 0.25) is 6.79 Å². The van der Waals surface area contributed by atoms with E-state index in [9.17, 15) is 4.79 Å². The molecule has 0 spiro atoms. The summed E-state index contributed by atoms with van der Waals surface area (Å²) in [7, 11) is 0. The summed E-state index contributed by atoms with van der Waals surface area (Å²) in [6.07, 6.45) is 1.78. The zero-order chi connectivity index (χ0) is 17.1. The van der Waals surface area contributed by atoms with Gasteiger partial charge in [-0.05, 0) is 23.8 Å². The third kappa shape index (κ3) is 3.56. The lowest BCUT2D eigenvalue weighted by atomic mass is 10.1. The summed E-state index contributed by atoms with van der Waals surface area (Å²) < 4.78 is 10.6. The van der Waals surface area contributed by atoms with E-state index in [1.165, 1.54) is 0 Å². The Balaban J connectivity index is 1.37. The Labute approximate surface area is 148 Å². The van der Waals surface area contributed by atoms with Crippen LogP contribution < -0.4 is 20.1 Å². The largest absolute Gasteiger partial charge is 0.454 e. The number of nitrogens with zero attached hydrogens (tertiary/aromatic N) is 1. The number of thiazole rings is 1. The minimum atomic E-state index is -0.279. The van der Waals surface area contributed by atoms with E-state index in [-0.39, 0.29) is 12.8 Å². The molecule has 0 fully saturated rings. The fourth-order valence-corrected chi connectivity index (χ4v) is 3.15. The minimum absolute atomic E-state index is 0.209. The topological polar surface area (TPSA) is 72.5 Å². The van der Waals surface area contributed by atoms with Crippen molar-refractivity contribution in [3.8, 4) is 22.1 Å². The third-order valence-corrected chi connectivity index (χ3v) is 4.51. The lowest BCUT2D eigenvalue weighted by Crippen LogP contribution is -2.28. The Kier molecular flexibility index (Phi) is 4.22. The van der Waals surface area contributed by atoms with Crippen molar-refractivity contribution in [2.45, 2.75) is 6.54 Å². The van der Waals surface area contributed by atoms with Gasteiger partial charge in [-0.2, -0.15) is 0 Å². The zero-order valence-corrected chi connectivity index (χ0v) is 14.0. The molecule has 0 radical (unpaired) electrons. The number of urea groups is 1. The normalized spacial score (nSPS) is 12.0. The van der Waals surface area contributed by atoms with E-state index in [1.54, 1.807) is 35.7 Å². The van der Waals surface area contributed by atoms with Crippen molar-refractivity contribution in [1.82, 2.24) is 10.3 Å². The van der Waals surface area contributed by atoms with Gasteiger partial charge in [0.05, 0.1) is 0 Å². The molecule has 25 heavy (non-hydrogen) atoms. The van der Waals surface area contributed by atoms with E-state index >= 15 is 0 Å². The molecule has 2 amide bonds. The van der Waals surface area contributed by atoms with Crippen LogP contribution in [0.25, 0.3) is 10.6 Å². The molecule has 0 unspecified atom stereocenters. The van der Waals surface area contributed by atoms with Crippen molar-refractivity contribution in [2.24, 2.45) is 0 Å². The molecule has 1 aromatic heterocycles. The number of aromatic nitrogens is 1. The van der Waals surface area contributed by atoms with Crippen molar-refractivity contribution in [3.05, 3.63) is 59.6 Å². The molecule has 0 bridgehead atoms. The van der Waals surface area contributed by atoms with Crippen LogP contribution in [0.4, 0.5) is 10.5 Å². The molecule has 0 aliphatic carbocycles. The average molecular weight is 353 g/mol. The SMILES string of the molecule is O=C(NCc1cccc(-c2nccs2)c1)Nc1ccc2c(c1)OCO2. The van der Waals surface area contributed by atoms with Crippen LogP contribution in [0.3, 0.4) is 0 Å². The van der Waals surface area contributed by atoms with Crippen molar-refractivity contribution in [3.63, 3.8) is 0 Å². The average Bonchev–Trinajstić information content (AvgIpc) is 3.31. The molecular formula is C18H15N3O3S. The van der Waals surface area contributed by atoms with Crippen LogP contribution in [0.15, 0.2) is 54.0 Å². The highest BCUT2D eigenvalue weighted by molar-refractivity contribution is 7.13. The van der Waals surface area contributed by atoms with E-state index in [0.29, 0.717) is 23.7 Å². The highest BCUT2D eigenvalue weighted by atomic mass is 32.1. The summed E-state index contributed by atoms with van der Waals surface area (Å²) in [4.78, 5) is 16.4. The van der Waals surface area contributed by atoms with Crippen LogP contribution in [-0.2, 0) is 6.54 Å². The van der Waals surface area contributed by atoms with Crippen molar-refractivity contribution in [2.75, 3.05) is 12.1 Å². The van der Waals surface area contributed by atoms with Crippen LogP contribution in [0.1, 0.15) is 5.56 Å². The summed E-state index contributed by atoms with van der Waals surface area (Å²) in [5.41, 5.74) is 2.71. The van der Waals surface area contributed by atoms with E-state index in [0.717, 1.165) is 16.1 Å². The van der Waals surface area contributed by atoms with E-state index in [4.69, 9.17) is 9.47 Å². The fourth-order valence-electron chi connectivity index (χ4n) is 2.51. The Morgan fingerprint density at radius 3 is 2.96 bits per heavy atom. The van der Waals surface area contributed by atoms with Gasteiger partial charge in [-0.3, -0.25) is 0 Å². The van der Waals surface area contributed by atoms with Gasteiger partial charge in [0.1, 0.15) is 5.01 Å². The Morgan fingerprint density at radius 1 is 1.16 bits per heavy atom. The first-order valence-corrected chi connectivity index (χ1v) is 8.59. The van der Waals surface area contributed by atoms with Crippen LogP contribution in [0.5, 0.6) is 11.5 Å². The number of anilines is 1. The number of ether oxygens (including phenoxy) is 2. The molecule has 126 valence electrons. The lowest BCUT2D eigenvalue weighted by Gasteiger charge is -2.09. The lowest BCUT2D eigenvalue weighted by molar-refractivity contribution is 0.174. The van der Waals surface area contributed by atoms with Crippen molar-refractivity contribution >= 4 is 23.1 Å². The maximum atomic E-state index is 12.1. The summed E-state index contributed by atoms with van der Waals surface area (Å²) in [6.45, 7) is 0.635. The Bertz CT molecular complexity index is 896. The first-order valence-electron chi connectivity index (χ1n) is 7.71. The van der Waals surface area contributed by atoms with Gasteiger partial charge in [0, 0.05) is 35.4 Å². The molecular weight excluding hydrogens is 338 g/mol. The second-order valence-electron chi connectivity index (χ2n) is 5.41. The summed E-state index contributed by atoms with van der Waals surface area (Å²) in [5.74, 6) is 1.32. The van der Waals surface area contributed by atoms with Crippen LogP contribution in [0.2, 0.25) is 0 Å². The minimum Gasteiger partial charge on any atom is -0.454 e. The van der Waals surface area contributed by atoms with Gasteiger partial charge in [-0.25, -0.2) is 9.78 Å². The Hall–Kier alpha value is -3.06. The summed E-state index contributed by atoms with van der Waals surface area (Å²) in [6, 6.07) is 13.0. The molecule has 1 aliphatic heterocycles. The van der Waals surface area contributed by atoms with Gasteiger partial charge in [-0.15, -0.1) is 11.3 Å². The molecule has 0 saturated heterocycles. The molecule has 2 N–H and O–H groups in total. The fraction of sp³-hybridized carbons (Fsp3) is 0.111. The molecule has 6 nitrogen and oxygen atoms in total. The maximum Gasteiger partial charge on any atom is 0.319 e. The van der Waals surface area contributed by atoms with Crippen LogP contribution in [0, 0.1) is 0 Å². The number of nitrogens with one attached hydrogen (secondary N) is 2. The monoisotopic (exact) mass is 353 g/mol. The van der Waals surface area contributed by atoms with Crippen molar-refractivity contribution in [1.29, 1.82) is 0 Å². The molecule has 1 aliphatic rings. The second-order valence-corrected chi connectivity index (χ2v) is 6.31. The van der Waals surface area contributed by atoms with Gasteiger partial charge < -0.3 is 20.1 Å². The summed E-state index contributed by atoms with van der Waals surface area (Å²) in [5, 5.41) is 8.54. The predicted octanol–water partition coefficient (Wildman–Crippen LogP) is 3.86. The maximum absolute atomic E-state index is 12.1. The number of amides is 2. The van der Waals surface area contributed by atoms with E-state index in [2.05, 4.69) is 15.6 Å². The zero-order valence-electron chi connectivity index (χ0n) is 13.2. The van der Waals surface area contributed by atoms with E-state index in [1.807, 2.05) is 29.6 Å². The highest BCUT2D eigenvalue weighted by Gasteiger charge is 2.14.